The predicted octanol–water partition coefficient (Wildman–Crippen LogP) is 3.03. The summed E-state index contributed by atoms with van der Waals surface area (Å²) in [5, 5.41) is 2.87. The maximum Gasteiger partial charge on any atom is 0.243 e. The lowest BCUT2D eigenvalue weighted by Gasteiger charge is -2.31. The number of nitrogens with zero attached hydrogens (tertiary/aromatic N) is 2. The molecule has 0 spiro atoms. The number of carbonyl (C=O) groups excluding carboxylic acids is 2. The number of para-hydroxylation sites is 2. The number of carbonyl (C=O) groups is 2. The second-order valence-corrected chi connectivity index (χ2v) is 10.6. The molecule has 2 aliphatic rings. The first-order valence-corrected chi connectivity index (χ1v) is 12.5. The van der Waals surface area contributed by atoms with Gasteiger partial charge in [-0.25, -0.2) is 8.42 Å². The van der Waals surface area contributed by atoms with Gasteiger partial charge < -0.3 is 15.0 Å². The summed E-state index contributed by atoms with van der Waals surface area (Å²) in [4.78, 5) is 26.8. The number of rotatable bonds is 5. The zero-order valence-electron chi connectivity index (χ0n) is 19.1. The lowest BCUT2D eigenvalue weighted by molar-refractivity contribution is -0.121. The number of hydrogen-bond acceptors (Lipinski definition) is 5. The summed E-state index contributed by atoms with van der Waals surface area (Å²) >= 11 is 0. The van der Waals surface area contributed by atoms with Crippen molar-refractivity contribution < 1.29 is 22.7 Å². The van der Waals surface area contributed by atoms with Crippen LogP contribution in [0, 0.1) is 5.92 Å². The smallest absolute Gasteiger partial charge is 0.243 e. The molecule has 0 unspecified atom stereocenters. The van der Waals surface area contributed by atoms with E-state index in [-0.39, 0.29) is 29.3 Å². The minimum absolute atomic E-state index is 0.00602. The zero-order chi connectivity index (χ0) is 23.8. The van der Waals surface area contributed by atoms with Crippen LogP contribution in [0.3, 0.4) is 0 Å². The molecule has 1 saturated heterocycles. The van der Waals surface area contributed by atoms with Gasteiger partial charge in [-0.05, 0) is 62.1 Å². The number of benzene rings is 2. The van der Waals surface area contributed by atoms with Crippen molar-refractivity contribution in [2.24, 2.45) is 5.92 Å². The van der Waals surface area contributed by atoms with Crippen LogP contribution in [0.15, 0.2) is 47.4 Å². The molecule has 2 heterocycles. The fourth-order valence-corrected chi connectivity index (χ4v) is 6.33. The molecule has 2 aromatic rings. The summed E-state index contributed by atoms with van der Waals surface area (Å²) in [5.41, 5.74) is 2.18. The Morgan fingerprint density at radius 1 is 1.15 bits per heavy atom. The SMILES string of the molecule is COc1ccccc1NC(=O)[C@@H]1CCCN(S(=O)(=O)c2ccc3c(c2)C[C@@H](C)N3C(C)=O)C1. The lowest BCUT2D eigenvalue weighted by atomic mass is 9.98. The van der Waals surface area contributed by atoms with Crippen LogP contribution in [-0.2, 0) is 26.0 Å². The number of sulfonamides is 1. The number of amides is 2. The van der Waals surface area contributed by atoms with Crippen LogP contribution >= 0.6 is 0 Å². The third-order valence-corrected chi connectivity index (χ3v) is 8.22. The Bertz CT molecular complexity index is 1180. The van der Waals surface area contributed by atoms with Crippen molar-refractivity contribution in [1.82, 2.24) is 4.31 Å². The van der Waals surface area contributed by atoms with Gasteiger partial charge in [-0.1, -0.05) is 12.1 Å². The molecule has 1 fully saturated rings. The quantitative estimate of drug-likeness (QED) is 0.723. The number of nitrogens with one attached hydrogen (secondary N) is 1. The van der Waals surface area contributed by atoms with Crippen molar-refractivity contribution in [3.63, 3.8) is 0 Å². The average Bonchev–Trinajstić information content (AvgIpc) is 3.14. The molecular weight excluding hydrogens is 442 g/mol. The molecule has 2 amide bonds. The van der Waals surface area contributed by atoms with Gasteiger partial charge >= 0.3 is 0 Å². The highest BCUT2D eigenvalue weighted by molar-refractivity contribution is 7.89. The highest BCUT2D eigenvalue weighted by atomic mass is 32.2. The van der Waals surface area contributed by atoms with Gasteiger partial charge in [0.05, 0.1) is 23.6 Å². The number of fused-ring (bicyclic) bond motifs is 1. The third kappa shape index (κ3) is 4.47. The lowest BCUT2D eigenvalue weighted by Crippen LogP contribution is -2.43. The molecular formula is C24H29N3O5S. The van der Waals surface area contributed by atoms with Gasteiger partial charge in [-0.2, -0.15) is 4.31 Å². The molecule has 1 N–H and O–H groups in total. The van der Waals surface area contributed by atoms with E-state index < -0.39 is 15.9 Å². The Morgan fingerprint density at radius 2 is 1.91 bits per heavy atom. The fraction of sp³-hybridized carbons (Fsp3) is 0.417. The van der Waals surface area contributed by atoms with E-state index in [1.54, 1.807) is 41.3 Å². The van der Waals surface area contributed by atoms with Crippen LogP contribution in [0.25, 0.3) is 0 Å². The molecule has 0 aromatic heterocycles. The Morgan fingerprint density at radius 3 is 2.64 bits per heavy atom. The Balaban J connectivity index is 1.52. The second-order valence-electron chi connectivity index (χ2n) is 8.62. The van der Waals surface area contributed by atoms with Crippen molar-refractivity contribution in [2.75, 3.05) is 30.4 Å². The molecule has 33 heavy (non-hydrogen) atoms. The molecule has 2 aliphatic heterocycles. The molecule has 0 saturated carbocycles. The van der Waals surface area contributed by atoms with E-state index in [2.05, 4.69) is 5.32 Å². The first-order chi connectivity index (χ1) is 15.7. The molecule has 2 atom stereocenters. The van der Waals surface area contributed by atoms with Crippen molar-refractivity contribution in [3.05, 3.63) is 48.0 Å². The molecule has 176 valence electrons. The summed E-state index contributed by atoms with van der Waals surface area (Å²) in [5.74, 6) is -0.185. The van der Waals surface area contributed by atoms with Crippen molar-refractivity contribution in [3.8, 4) is 5.75 Å². The average molecular weight is 472 g/mol. The highest BCUT2D eigenvalue weighted by Gasteiger charge is 2.35. The summed E-state index contributed by atoms with van der Waals surface area (Å²) in [6.07, 6.45) is 1.83. The van der Waals surface area contributed by atoms with E-state index >= 15 is 0 Å². The normalized spacial score (nSPS) is 20.9. The second kappa shape index (κ2) is 9.15. The Labute approximate surface area is 194 Å². The first-order valence-electron chi connectivity index (χ1n) is 11.1. The first kappa shape index (κ1) is 23.3. The van der Waals surface area contributed by atoms with Gasteiger partial charge in [0, 0.05) is 31.7 Å². The van der Waals surface area contributed by atoms with Crippen molar-refractivity contribution >= 4 is 33.2 Å². The monoisotopic (exact) mass is 471 g/mol. The van der Waals surface area contributed by atoms with E-state index in [1.807, 2.05) is 13.0 Å². The van der Waals surface area contributed by atoms with E-state index in [1.165, 1.54) is 18.3 Å². The summed E-state index contributed by atoms with van der Waals surface area (Å²) in [7, 11) is -2.23. The molecule has 8 nitrogen and oxygen atoms in total. The molecule has 2 aromatic carbocycles. The zero-order valence-corrected chi connectivity index (χ0v) is 19.9. The number of ether oxygens (including phenoxy) is 1. The topological polar surface area (TPSA) is 96.0 Å². The molecule has 0 bridgehead atoms. The van der Waals surface area contributed by atoms with Gasteiger partial charge in [0.2, 0.25) is 21.8 Å². The number of methoxy groups -OCH3 is 1. The summed E-state index contributed by atoms with van der Waals surface area (Å²) < 4.78 is 33.5. The maximum atomic E-state index is 13.4. The van der Waals surface area contributed by atoms with Gasteiger partial charge in [-0.15, -0.1) is 0 Å². The van der Waals surface area contributed by atoms with Gasteiger partial charge in [0.1, 0.15) is 5.75 Å². The van der Waals surface area contributed by atoms with Gasteiger partial charge in [0.25, 0.3) is 0 Å². The summed E-state index contributed by atoms with van der Waals surface area (Å²) in [6, 6.07) is 12.1. The third-order valence-electron chi connectivity index (χ3n) is 6.36. The Hall–Kier alpha value is -2.91. The van der Waals surface area contributed by atoms with Gasteiger partial charge in [-0.3, -0.25) is 9.59 Å². The van der Waals surface area contributed by atoms with E-state index in [4.69, 9.17) is 4.74 Å². The number of anilines is 2. The van der Waals surface area contributed by atoms with Crippen LogP contribution in [0.4, 0.5) is 11.4 Å². The van der Waals surface area contributed by atoms with Gasteiger partial charge in [0.15, 0.2) is 0 Å². The molecule has 0 aliphatic carbocycles. The largest absolute Gasteiger partial charge is 0.495 e. The fourth-order valence-electron chi connectivity index (χ4n) is 4.75. The van der Waals surface area contributed by atoms with Crippen LogP contribution < -0.4 is 15.0 Å². The minimum Gasteiger partial charge on any atom is -0.495 e. The standard InChI is InChI=1S/C24H29N3O5S/c1-16-13-19-14-20(10-11-22(19)27(16)17(2)28)33(30,31)26-12-6-7-18(15-26)24(29)25-21-8-4-5-9-23(21)32-3/h4-5,8-11,14,16,18H,6-7,12-13,15H2,1-3H3,(H,25,29)/t16-,18-/m1/s1. The van der Waals surface area contributed by atoms with Crippen LogP contribution in [0.1, 0.15) is 32.3 Å². The highest BCUT2D eigenvalue weighted by Crippen LogP contribution is 2.35. The molecule has 4 rings (SSSR count). The maximum absolute atomic E-state index is 13.4. The number of hydrogen-bond donors (Lipinski definition) is 1. The number of piperidine rings is 1. The van der Waals surface area contributed by atoms with Crippen LogP contribution in [0.5, 0.6) is 5.75 Å². The minimum atomic E-state index is -3.77. The predicted molar refractivity (Wildman–Crippen MR) is 126 cm³/mol. The van der Waals surface area contributed by atoms with Crippen LogP contribution in [0.2, 0.25) is 0 Å². The van der Waals surface area contributed by atoms with Crippen LogP contribution in [-0.4, -0.2) is 50.8 Å². The van der Waals surface area contributed by atoms with E-state index in [0.29, 0.717) is 37.2 Å². The van der Waals surface area contributed by atoms with E-state index in [0.717, 1.165) is 11.3 Å². The van der Waals surface area contributed by atoms with E-state index in [9.17, 15) is 18.0 Å². The van der Waals surface area contributed by atoms with Crippen molar-refractivity contribution in [2.45, 2.75) is 44.0 Å². The summed E-state index contributed by atoms with van der Waals surface area (Å²) in [6.45, 7) is 3.95. The van der Waals surface area contributed by atoms with Crippen molar-refractivity contribution in [1.29, 1.82) is 0 Å². The molecule has 0 radical (unpaired) electrons. The Kier molecular flexibility index (Phi) is 6.45. The molecule has 9 heteroatoms.